The zero-order valence-electron chi connectivity index (χ0n) is 11.3. The molecule has 2 rings (SSSR count). The summed E-state index contributed by atoms with van der Waals surface area (Å²) in [6.45, 7) is 8.58. The summed E-state index contributed by atoms with van der Waals surface area (Å²) < 4.78 is 0. The molecule has 1 heterocycles. The van der Waals surface area contributed by atoms with E-state index in [0.717, 1.165) is 22.0 Å². The Morgan fingerprint density at radius 2 is 1.61 bits per heavy atom. The Labute approximate surface area is 113 Å². The number of H-pyrrole nitrogens is 1. The maximum Gasteiger partial charge on any atom is 0.111 e. The van der Waals surface area contributed by atoms with Gasteiger partial charge in [0.15, 0.2) is 0 Å². The molecule has 3 heteroatoms. The first-order chi connectivity index (χ1) is 8.50. The first-order valence-electron chi connectivity index (χ1n) is 6.34. The third-order valence-corrected chi connectivity index (χ3v) is 3.54. The lowest BCUT2D eigenvalue weighted by Crippen LogP contribution is -1.88. The number of nitrogens with zero attached hydrogens (tertiary/aromatic N) is 1. The van der Waals surface area contributed by atoms with E-state index in [1.807, 2.05) is 0 Å². The van der Waals surface area contributed by atoms with Gasteiger partial charge in [-0.3, -0.25) is 5.10 Å². The Bertz CT molecular complexity index is 524. The maximum atomic E-state index is 6.36. The van der Waals surface area contributed by atoms with E-state index in [0.29, 0.717) is 11.8 Å². The summed E-state index contributed by atoms with van der Waals surface area (Å²) in [5.41, 5.74) is 4.23. The van der Waals surface area contributed by atoms with E-state index in [4.69, 9.17) is 11.6 Å². The van der Waals surface area contributed by atoms with Crippen molar-refractivity contribution >= 4 is 11.6 Å². The fourth-order valence-electron chi connectivity index (χ4n) is 1.94. The van der Waals surface area contributed by atoms with Gasteiger partial charge in [-0.15, -0.1) is 0 Å². The van der Waals surface area contributed by atoms with Gasteiger partial charge in [0.05, 0.1) is 10.7 Å². The van der Waals surface area contributed by atoms with Gasteiger partial charge in [-0.05, 0) is 17.4 Å². The number of rotatable bonds is 3. The number of hydrogen-bond donors (Lipinski definition) is 1. The van der Waals surface area contributed by atoms with Crippen molar-refractivity contribution in [2.75, 3.05) is 0 Å². The number of nitrogens with one attached hydrogen (secondary N) is 1. The third-order valence-electron chi connectivity index (χ3n) is 3.16. The maximum absolute atomic E-state index is 6.36. The van der Waals surface area contributed by atoms with Crippen LogP contribution in [0.2, 0.25) is 5.02 Å². The number of halogens is 1. The van der Waals surface area contributed by atoms with Crippen LogP contribution >= 0.6 is 11.6 Å². The summed E-state index contributed by atoms with van der Waals surface area (Å²) >= 11 is 6.36. The predicted octanol–water partition coefficient (Wildman–Crippen LogP) is 4.98. The van der Waals surface area contributed by atoms with Crippen LogP contribution < -0.4 is 0 Å². The van der Waals surface area contributed by atoms with Gasteiger partial charge >= 0.3 is 0 Å². The number of aromatic amines is 1. The number of aromatic nitrogens is 2. The molecule has 0 spiro atoms. The van der Waals surface area contributed by atoms with Crippen molar-refractivity contribution in [3.05, 3.63) is 40.5 Å². The van der Waals surface area contributed by atoms with E-state index >= 15 is 0 Å². The van der Waals surface area contributed by atoms with E-state index in [9.17, 15) is 0 Å². The second-order valence-electron chi connectivity index (χ2n) is 5.23. The van der Waals surface area contributed by atoms with Crippen LogP contribution in [0.5, 0.6) is 0 Å². The Morgan fingerprint density at radius 1 is 1.00 bits per heavy atom. The average Bonchev–Trinajstić information content (AvgIpc) is 2.71. The van der Waals surface area contributed by atoms with Crippen molar-refractivity contribution in [3.8, 4) is 11.3 Å². The summed E-state index contributed by atoms with van der Waals surface area (Å²) in [5, 5.41) is 8.09. The van der Waals surface area contributed by atoms with Crippen LogP contribution in [0.25, 0.3) is 11.3 Å². The van der Waals surface area contributed by atoms with Gasteiger partial charge in [-0.25, -0.2) is 0 Å². The lowest BCUT2D eigenvalue weighted by atomic mass is 10.0. The molecule has 0 unspecified atom stereocenters. The minimum Gasteiger partial charge on any atom is -0.280 e. The molecule has 0 atom stereocenters. The third kappa shape index (κ3) is 2.44. The van der Waals surface area contributed by atoms with Crippen LogP contribution in [-0.2, 0) is 0 Å². The summed E-state index contributed by atoms with van der Waals surface area (Å²) in [6, 6.07) is 8.45. The molecule has 0 aliphatic rings. The fourth-order valence-corrected chi connectivity index (χ4v) is 2.35. The van der Waals surface area contributed by atoms with E-state index in [1.165, 1.54) is 5.56 Å². The second kappa shape index (κ2) is 5.15. The Balaban J connectivity index is 2.37. The molecule has 1 N–H and O–H groups in total. The van der Waals surface area contributed by atoms with Crippen LogP contribution in [-0.4, -0.2) is 10.2 Å². The molecular weight excluding hydrogens is 244 g/mol. The van der Waals surface area contributed by atoms with Gasteiger partial charge in [0.2, 0.25) is 0 Å². The second-order valence-corrected chi connectivity index (χ2v) is 5.61. The van der Waals surface area contributed by atoms with Gasteiger partial charge < -0.3 is 0 Å². The molecule has 1 aromatic heterocycles. The van der Waals surface area contributed by atoms with Gasteiger partial charge in [-0.1, -0.05) is 63.6 Å². The van der Waals surface area contributed by atoms with Crippen LogP contribution in [0.4, 0.5) is 0 Å². The minimum absolute atomic E-state index is 0.355. The lowest BCUT2D eigenvalue weighted by molar-refractivity contribution is 0.811. The summed E-state index contributed by atoms with van der Waals surface area (Å²) in [5.74, 6) is 0.897. The monoisotopic (exact) mass is 262 g/mol. The zero-order valence-corrected chi connectivity index (χ0v) is 12.0. The highest BCUT2D eigenvalue weighted by atomic mass is 35.5. The van der Waals surface area contributed by atoms with Gasteiger partial charge in [0.25, 0.3) is 0 Å². The summed E-state index contributed by atoms with van der Waals surface area (Å²) in [4.78, 5) is 0. The highest BCUT2D eigenvalue weighted by molar-refractivity contribution is 6.33. The largest absolute Gasteiger partial charge is 0.280 e. The van der Waals surface area contributed by atoms with Gasteiger partial charge in [0, 0.05) is 5.56 Å². The van der Waals surface area contributed by atoms with Crippen molar-refractivity contribution in [2.45, 2.75) is 39.5 Å². The molecule has 0 amide bonds. The molecule has 0 fully saturated rings. The van der Waals surface area contributed by atoms with Crippen molar-refractivity contribution in [1.82, 2.24) is 10.2 Å². The van der Waals surface area contributed by atoms with Crippen LogP contribution in [0.15, 0.2) is 24.3 Å². The van der Waals surface area contributed by atoms with Crippen LogP contribution in [0, 0.1) is 0 Å². The molecule has 0 aliphatic carbocycles. The van der Waals surface area contributed by atoms with E-state index in [-0.39, 0.29) is 0 Å². The molecule has 18 heavy (non-hydrogen) atoms. The molecular formula is C15H19ClN2. The Kier molecular flexibility index (Phi) is 3.76. The molecule has 2 aromatic rings. The molecule has 0 bridgehead atoms. The first kappa shape index (κ1) is 13.2. The normalized spacial score (nSPS) is 11.5. The molecule has 1 aromatic carbocycles. The molecule has 0 saturated heterocycles. The first-order valence-corrected chi connectivity index (χ1v) is 6.72. The predicted molar refractivity (Wildman–Crippen MR) is 77.2 cm³/mol. The topological polar surface area (TPSA) is 28.7 Å². The van der Waals surface area contributed by atoms with Gasteiger partial charge in [0.1, 0.15) is 5.69 Å². The van der Waals surface area contributed by atoms with E-state index in [2.05, 4.69) is 62.2 Å². The smallest absolute Gasteiger partial charge is 0.111 e. The molecule has 96 valence electrons. The number of hydrogen-bond acceptors (Lipinski definition) is 1. The standard InChI is InChI=1S/C15H19ClN2/c1-9(2)11-5-7-12(8-6-11)15-13(16)14(10(3)4)17-18-15/h5-10H,1-4H3,(H,17,18). The molecule has 0 saturated carbocycles. The Morgan fingerprint density at radius 3 is 2.06 bits per heavy atom. The van der Waals surface area contributed by atoms with E-state index in [1.54, 1.807) is 0 Å². The number of benzene rings is 1. The summed E-state index contributed by atoms with van der Waals surface area (Å²) in [7, 11) is 0. The Hall–Kier alpha value is -1.28. The van der Waals surface area contributed by atoms with Gasteiger partial charge in [-0.2, -0.15) is 5.10 Å². The lowest BCUT2D eigenvalue weighted by Gasteiger charge is -2.06. The SMILES string of the molecule is CC(C)c1ccc(-c2n[nH]c(C(C)C)c2Cl)cc1. The fraction of sp³-hybridized carbons (Fsp3) is 0.400. The minimum atomic E-state index is 0.355. The average molecular weight is 263 g/mol. The molecule has 2 nitrogen and oxygen atoms in total. The van der Waals surface area contributed by atoms with Crippen LogP contribution in [0.3, 0.4) is 0 Å². The van der Waals surface area contributed by atoms with Crippen molar-refractivity contribution < 1.29 is 0 Å². The quantitative estimate of drug-likeness (QED) is 0.831. The molecule has 0 radical (unpaired) electrons. The van der Waals surface area contributed by atoms with E-state index < -0.39 is 0 Å². The van der Waals surface area contributed by atoms with Crippen molar-refractivity contribution in [3.63, 3.8) is 0 Å². The molecule has 0 aliphatic heterocycles. The van der Waals surface area contributed by atoms with Crippen molar-refractivity contribution in [1.29, 1.82) is 0 Å². The zero-order chi connectivity index (χ0) is 13.3. The van der Waals surface area contributed by atoms with Crippen LogP contribution in [0.1, 0.15) is 50.8 Å². The van der Waals surface area contributed by atoms with Crippen molar-refractivity contribution in [2.24, 2.45) is 0 Å². The summed E-state index contributed by atoms with van der Waals surface area (Å²) in [6.07, 6.45) is 0. The highest BCUT2D eigenvalue weighted by Crippen LogP contribution is 2.32. The highest BCUT2D eigenvalue weighted by Gasteiger charge is 2.15.